The van der Waals surface area contributed by atoms with Crippen molar-refractivity contribution in [3.05, 3.63) is 59.7 Å². The summed E-state index contributed by atoms with van der Waals surface area (Å²) in [4.78, 5) is 2.11. The number of hydrogen-bond donors (Lipinski definition) is 1. The molecule has 0 saturated carbocycles. The van der Waals surface area contributed by atoms with Crippen LogP contribution in [0.5, 0.6) is 5.75 Å². The number of anilines is 1. The van der Waals surface area contributed by atoms with Gasteiger partial charge in [-0.1, -0.05) is 30.3 Å². The average molecular weight is 457 g/mol. The van der Waals surface area contributed by atoms with Gasteiger partial charge >= 0.3 is 6.18 Å². The summed E-state index contributed by atoms with van der Waals surface area (Å²) in [6, 6.07) is 14.6. The van der Waals surface area contributed by atoms with E-state index in [4.69, 9.17) is 4.74 Å². The number of rotatable bonds is 9. The van der Waals surface area contributed by atoms with E-state index >= 15 is 0 Å². The maximum absolute atomic E-state index is 12.3. The Balaban J connectivity index is 1.71. The van der Waals surface area contributed by atoms with Gasteiger partial charge in [-0.3, -0.25) is 4.72 Å². The number of benzene rings is 2. The fourth-order valence-corrected chi connectivity index (χ4v) is 5.02. The molecule has 9 heteroatoms. The fraction of sp³-hybridized carbons (Fsp3) is 0.455. The van der Waals surface area contributed by atoms with Gasteiger partial charge in [0.1, 0.15) is 11.9 Å². The molecule has 0 fully saturated rings. The Morgan fingerprint density at radius 1 is 1.13 bits per heavy atom. The number of nitrogens with zero attached hydrogens (tertiary/aromatic N) is 1. The zero-order valence-corrected chi connectivity index (χ0v) is 18.3. The topological polar surface area (TPSA) is 58.6 Å². The highest BCUT2D eigenvalue weighted by molar-refractivity contribution is 7.92. The first-order valence-electron chi connectivity index (χ1n) is 10.1. The quantitative estimate of drug-likeness (QED) is 0.598. The molecule has 31 heavy (non-hydrogen) atoms. The van der Waals surface area contributed by atoms with Crippen LogP contribution in [0, 0.1) is 5.92 Å². The van der Waals surface area contributed by atoms with Crippen LogP contribution < -0.4 is 9.46 Å². The number of ether oxygens (including phenoxy) is 1. The Labute approximate surface area is 181 Å². The molecule has 170 valence electrons. The number of nitrogens with one attached hydrogen (secondary N) is 1. The Morgan fingerprint density at radius 3 is 2.58 bits per heavy atom. The van der Waals surface area contributed by atoms with Crippen LogP contribution in [0.15, 0.2) is 48.5 Å². The normalized spacial score (nSPS) is 18.8. The first-order valence-corrected chi connectivity index (χ1v) is 11.7. The van der Waals surface area contributed by atoms with Crippen molar-refractivity contribution in [3.8, 4) is 5.75 Å². The van der Waals surface area contributed by atoms with Gasteiger partial charge in [0.2, 0.25) is 10.0 Å². The van der Waals surface area contributed by atoms with Gasteiger partial charge in [0.05, 0.1) is 11.4 Å². The van der Waals surface area contributed by atoms with Crippen molar-refractivity contribution in [3.63, 3.8) is 0 Å². The van der Waals surface area contributed by atoms with Crippen LogP contribution in [0.1, 0.15) is 30.1 Å². The number of hydrogen-bond acceptors (Lipinski definition) is 4. The molecular weight excluding hydrogens is 429 g/mol. The molecule has 5 nitrogen and oxygen atoms in total. The lowest BCUT2D eigenvalue weighted by Gasteiger charge is -2.25. The summed E-state index contributed by atoms with van der Waals surface area (Å²) < 4.78 is 69.8. The molecule has 0 radical (unpaired) electrons. The van der Waals surface area contributed by atoms with Gasteiger partial charge in [0.25, 0.3) is 0 Å². The van der Waals surface area contributed by atoms with E-state index in [9.17, 15) is 21.6 Å². The van der Waals surface area contributed by atoms with Crippen LogP contribution in [0.4, 0.5) is 18.9 Å². The van der Waals surface area contributed by atoms with E-state index in [2.05, 4.69) is 15.7 Å². The molecule has 2 aromatic rings. The van der Waals surface area contributed by atoms with Gasteiger partial charge in [-0.05, 0) is 50.2 Å². The largest absolute Gasteiger partial charge is 0.485 e. The molecule has 0 bridgehead atoms. The van der Waals surface area contributed by atoms with Gasteiger partial charge in [-0.15, -0.1) is 0 Å². The van der Waals surface area contributed by atoms with E-state index in [0.717, 1.165) is 18.5 Å². The first kappa shape index (κ1) is 23.4. The SMILES string of the molecule is CN(C)CC1Cc2ccccc2C1Oc1cccc(NS(=O)(=O)CCCC(F)(F)F)c1. The maximum atomic E-state index is 12.3. The summed E-state index contributed by atoms with van der Waals surface area (Å²) in [5, 5.41) is 0. The van der Waals surface area contributed by atoms with E-state index in [1.165, 1.54) is 5.56 Å². The second-order valence-corrected chi connectivity index (χ2v) is 9.97. The predicted octanol–water partition coefficient (Wildman–Crippen LogP) is 4.62. The smallest absolute Gasteiger partial charge is 0.389 e. The van der Waals surface area contributed by atoms with Crippen LogP contribution in [0.3, 0.4) is 0 Å². The highest BCUT2D eigenvalue weighted by Crippen LogP contribution is 2.40. The molecule has 2 unspecified atom stereocenters. The van der Waals surface area contributed by atoms with Gasteiger partial charge in [0.15, 0.2) is 0 Å². The molecule has 0 saturated heterocycles. The Bertz CT molecular complexity index is 993. The van der Waals surface area contributed by atoms with Crippen molar-refractivity contribution in [2.75, 3.05) is 31.1 Å². The molecule has 0 aliphatic heterocycles. The molecule has 0 aromatic heterocycles. The van der Waals surface area contributed by atoms with E-state index < -0.39 is 34.8 Å². The van der Waals surface area contributed by atoms with Crippen molar-refractivity contribution in [2.24, 2.45) is 5.92 Å². The van der Waals surface area contributed by atoms with Crippen LogP contribution in [0.2, 0.25) is 0 Å². The van der Waals surface area contributed by atoms with E-state index in [0.29, 0.717) is 5.75 Å². The summed E-state index contributed by atoms with van der Waals surface area (Å²) in [7, 11) is 0.128. The predicted molar refractivity (Wildman–Crippen MR) is 115 cm³/mol. The summed E-state index contributed by atoms with van der Waals surface area (Å²) in [6.45, 7) is 0.838. The third kappa shape index (κ3) is 6.87. The maximum Gasteiger partial charge on any atom is 0.389 e. The standard InChI is InChI=1S/C22H27F3N2O3S/c1-27(2)15-17-13-16-7-3-4-10-20(16)21(17)30-19-9-5-8-18(14-19)26-31(28,29)12-6-11-22(23,24)25/h3-5,7-10,14,17,21,26H,6,11-13,15H2,1-2H3. The van der Waals surface area contributed by atoms with Crippen molar-refractivity contribution >= 4 is 15.7 Å². The number of fused-ring (bicyclic) bond motifs is 1. The van der Waals surface area contributed by atoms with Crippen LogP contribution in [-0.4, -0.2) is 45.9 Å². The summed E-state index contributed by atoms with van der Waals surface area (Å²) in [5.41, 5.74) is 2.62. The zero-order valence-electron chi connectivity index (χ0n) is 17.5. The fourth-order valence-electron chi connectivity index (χ4n) is 3.90. The Kier molecular flexibility index (Phi) is 7.16. The second kappa shape index (κ2) is 9.48. The van der Waals surface area contributed by atoms with Gasteiger partial charge in [0, 0.05) is 24.9 Å². The third-order valence-electron chi connectivity index (χ3n) is 5.12. The lowest BCUT2D eigenvalue weighted by molar-refractivity contribution is -0.134. The minimum atomic E-state index is -4.37. The molecule has 1 aliphatic carbocycles. The van der Waals surface area contributed by atoms with Crippen LogP contribution in [0.25, 0.3) is 0 Å². The molecule has 0 amide bonds. The van der Waals surface area contributed by atoms with E-state index in [1.54, 1.807) is 24.3 Å². The minimum absolute atomic E-state index is 0.169. The highest BCUT2D eigenvalue weighted by atomic mass is 32.2. The monoisotopic (exact) mass is 456 g/mol. The van der Waals surface area contributed by atoms with Gasteiger partial charge < -0.3 is 9.64 Å². The molecule has 1 aliphatic rings. The number of alkyl halides is 3. The van der Waals surface area contributed by atoms with E-state index in [1.807, 2.05) is 32.3 Å². The van der Waals surface area contributed by atoms with E-state index in [-0.39, 0.29) is 17.7 Å². The summed E-state index contributed by atoms with van der Waals surface area (Å²) in [5.74, 6) is 0.148. The number of halogens is 3. The second-order valence-electron chi connectivity index (χ2n) is 8.13. The molecule has 3 rings (SSSR count). The Hall–Kier alpha value is -2.26. The lowest BCUT2D eigenvalue weighted by atomic mass is 10.0. The van der Waals surface area contributed by atoms with Crippen LogP contribution in [-0.2, 0) is 16.4 Å². The van der Waals surface area contributed by atoms with Crippen molar-refractivity contribution in [2.45, 2.75) is 31.5 Å². The lowest BCUT2D eigenvalue weighted by Crippen LogP contribution is -2.27. The average Bonchev–Trinajstić information content (AvgIpc) is 2.97. The molecule has 1 N–H and O–H groups in total. The third-order valence-corrected chi connectivity index (χ3v) is 6.49. The van der Waals surface area contributed by atoms with Crippen molar-refractivity contribution in [1.29, 1.82) is 0 Å². The van der Waals surface area contributed by atoms with Crippen molar-refractivity contribution in [1.82, 2.24) is 4.90 Å². The summed E-state index contributed by atoms with van der Waals surface area (Å²) >= 11 is 0. The Morgan fingerprint density at radius 2 is 1.87 bits per heavy atom. The molecule has 2 aromatic carbocycles. The number of sulfonamides is 1. The van der Waals surface area contributed by atoms with Gasteiger partial charge in [-0.2, -0.15) is 13.2 Å². The summed E-state index contributed by atoms with van der Waals surface area (Å²) in [6.07, 6.45) is -5.27. The minimum Gasteiger partial charge on any atom is -0.485 e. The van der Waals surface area contributed by atoms with Crippen LogP contribution >= 0.6 is 0 Å². The molecule has 2 atom stereocenters. The van der Waals surface area contributed by atoms with Crippen molar-refractivity contribution < 1.29 is 26.3 Å². The van der Waals surface area contributed by atoms with Gasteiger partial charge in [-0.25, -0.2) is 8.42 Å². The molecular formula is C22H27F3N2O3S. The molecule has 0 spiro atoms. The zero-order chi connectivity index (χ0) is 22.6. The highest BCUT2D eigenvalue weighted by Gasteiger charge is 2.34. The first-order chi connectivity index (χ1) is 14.5. The molecule has 0 heterocycles.